The maximum absolute atomic E-state index is 13.2. The van der Waals surface area contributed by atoms with Crippen molar-refractivity contribution in [3.63, 3.8) is 0 Å². The monoisotopic (exact) mass is 737 g/mol. The molecule has 2 heterocycles. The second-order valence-electron chi connectivity index (χ2n) is 11.7. The van der Waals surface area contributed by atoms with E-state index in [1.165, 1.54) is 0 Å². The van der Waals surface area contributed by atoms with Crippen molar-refractivity contribution >= 4 is 55.8 Å². The molecule has 0 unspecified atom stereocenters. The minimum atomic E-state index is -5.39. The van der Waals surface area contributed by atoms with E-state index in [-0.39, 0.29) is 50.3 Å². The van der Waals surface area contributed by atoms with Gasteiger partial charge in [0.2, 0.25) is 0 Å². The van der Waals surface area contributed by atoms with Crippen LogP contribution in [-0.4, -0.2) is 61.5 Å². The molecule has 262 valence electrons. The molecule has 0 spiro atoms. The maximum atomic E-state index is 13.2. The maximum Gasteiger partial charge on any atom is 0.511 e. The fourth-order valence-electron chi connectivity index (χ4n) is 5.93. The number of pyridine rings is 1. The summed E-state index contributed by atoms with van der Waals surface area (Å²) in [4.78, 5) is 16.5. The van der Waals surface area contributed by atoms with Gasteiger partial charge in [0.15, 0.2) is 0 Å². The predicted molar refractivity (Wildman–Crippen MR) is 185 cm³/mol. The van der Waals surface area contributed by atoms with Crippen LogP contribution in [0.15, 0.2) is 72.9 Å². The highest BCUT2D eigenvalue weighted by Gasteiger charge is 2.50. The third kappa shape index (κ3) is 8.97. The Balaban J connectivity index is 1.50. The van der Waals surface area contributed by atoms with Gasteiger partial charge in [-0.15, -0.1) is 0 Å². The summed E-state index contributed by atoms with van der Waals surface area (Å²) in [6.45, 7) is 1.88. The first-order valence-electron chi connectivity index (χ1n) is 15.9. The van der Waals surface area contributed by atoms with Crippen molar-refractivity contribution in [1.29, 1.82) is 0 Å². The zero-order valence-corrected chi connectivity index (χ0v) is 29.0. The van der Waals surface area contributed by atoms with Crippen LogP contribution in [0.25, 0.3) is 10.9 Å². The molecule has 1 fully saturated rings. The number of sulfonamides is 1. The molecule has 1 aromatic heterocycles. The lowest BCUT2D eigenvalue weighted by Gasteiger charge is -2.32. The zero-order valence-electron chi connectivity index (χ0n) is 26.7. The zero-order chi connectivity index (χ0) is 35.2. The molecular weight excluding hydrogens is 702 g/mol. The number of alkyl halides is 3. The van der Waals surface area contributed by atoms with Gasteiger partial charge in [-0.05, 0) is 91.8 Å². The number of ether oxygens (including phenoxy) is 2. The Morgan fingerprint density at radius 1 is 0.959 bits per heavy atom. The highest BCUT2D eigenvalue weighted by Crippen LogP contribution is 2.40. The van der Waals surface area contributed by atoms with Crippen LogP contribution >= 0.6 is 23.2 Å². The first kappa shape index (κ1) is 36.7. The van der Waals surface area contributed by atoms with Gasteiger partial charge in [0.25, 0.3) is 0 Å². The SMILES string of the molecule is CCOC(=O)CCCCOc1cc(C(c2ccc(Cl)cc2)c2ccc(Cl)cc2)cc2c(NC3CCN(S(=O)(=O)C(F)(F)F)CC3)ccnc12. The van der Waals surface area contributed by atoms with Crippen LogP contribution in [0, 0.1) is 0 Å². The molecule has 1 saturated heterocycles. The number of anilines is 1. The topological polar surface area (TPSA) is 97.8 Å². The Kier molecular flexibility index (Phi) is 12.0. The average molecular weight is 739 g/mol. The molecule has 14 heteroatoms. The lowest BCUT2D eigenvalue weighted by molar-refractivity contribution is -0.143. The Morgan fingerprint density at radius 2 is 1.57 bits per heavy atom. The molecule has 3 aromatic carbocycles. The molecule has 0 bridgehead atoms. The number of piperidine rings is 1. The van der Waals surface area contributed by atoms with Crippen LogP contribution in [0.5, 0.6) is 5.75 Å². The number of rotatable bonds is 13. The quantitative estimate of drug-likeness (QED) is 0.0834. The molecule has 4 aromatic rings. The second kappa shape index (κ2) is 16.0. The van der Waals surface area contributed by atoms with Crippen molar-refractivity contribution in [2.45, 2.75) is 56.5 Å². The molecule has 0 atom stereocenters. The summed E-state index contributed by atoms with van der Waals surface area (Å²) < 4.78 is 75.3. The molecule has 0 aliphatic carbocycles. The summed E-state index contributed by atoms with van der Waals surface area (Å²) in [5.41, 5.74) is -1.29. The van der Waals surface area contributed by atoms with E-state index in [1.54, 1.807) is 19.2 Å². The number of benzene rings is 3. The number of halogens is 5. The summed E-state index contributed by atoms with van der Waals surface area (Å²) in [5, 5.41) is 5.34. The third-order valence-electron chi connectivity index (χ3n) is 8.36. The first-order chi connectivity index (χ1) is 23.4. The van der Waals surface area contributed by atoms with Crippen molar-refractivity contribution in [2.24, 2.45) is 0 Å². The van der Waals surface area contributed by atoms with Gasteiger partial charge in [0, 0.05) is 58.8 Å². The van der Waals surface area contributed by atoms with E-state index in [4.69, 9.17) is 32.7 Å². The standard InChI is InChI=1S/C35H36Cl2F3N3O5S/c1-2-47-32(44)5-3-4-20-48-31-22-25(33(23-6-10-26(36)11-7-23)24-8-12-27(37)13-9-24)21-29-30(14-17-41-34(29)31)42-28-15-18-43(19-16-28)49(45,46)35(38,39)40/h6-14,17,21-22,28,33H,2-5,15-16,18-20H2,1H3,(H,41,42). The Bertz CT molecular complexity index is 1810. The molecule has 8 nitrogen and oxygen atoms in total. The molecule has 1 aliphatic rings. The third-order valence-corrected chi connectivity index (χ3v) is 10.5. The molecule has 0 saturated carbocycles. The van der Waals surface area contributed by atoms with Crippen LogP contribution in [0.2, 0.25) is 10.0 Å². The Morgan fingerprint density at radius 3 is 2.14 bits per heavy atom. The van der Waals surface area contributed by atoms with E-state index in [2.05, 4.69) is 10.3 Å². The average Bonchev–Trinajstić information content (AvgIpc) is 3.06. The number of aromatic nitrogens is 1. The summed E-state index contributed by atoms with van der Waals surface area (Å²) >= 11 is 12.5. The summed E-state index contributed by atoms with van der Waals surface area (Å²) in [5.74, 6) is -0.0109. The summed E-state index contributed by atoms with van der Waals surface area (Å²) in [6, 6.07) is 20.5. The van der Waals surface area contributed by atoms with Gasteiger partial charge in [-0.25, -0.2) is 8.42 Å². The van der Waals surface area contributed by atoms with Gasteiger partial charge in [0.05, 0.1) is 13.2 Å². The summed E-state index contributed by atoms with van der Waals surface area (Å²) in [6.07, 6.45) is 3.44. The van der Waals surface area contributed by atoms with E-state index in [0.717, 1.165) is 22.1 Å². The number of unbranched alkanes of at least 4 members (excludes halogenated alkanes) is 1. The van der Waals surface area contributed by atoms with Gasteiger partial charge in [-0.2, -0.15) is 17.5 Å². The number of nitrogens with one attached hydrogen (secondary N) is 1. The molecule has 1 N–H and O–H groups in total. The summed E-state index contributed by atoms with van der Waals surface area (Å²) in [7, 11) is -5.39. The number of fused-ring (bicyclic) bond motifs is 1. The highest BCUT2D eigenvalue weighted by molar-refractivity contribution is 7.90. The normalized spacial score (nSPS) is 14.7. The van der Waals surface area contributed by atoms with Gasteiger partial charge in [0.1, 0.15) is 11.3 Å². The number of hydrogen-bond acceptors (Lipinski definition) is 7. The van der Waals surface area contributed by atoms with Crippen molar-refractivity contribution in [3.8, 4) is 5.75 Å². The number of nitrogens with zero attached hydrogens (tertiary/aromatic N) is 2. The molecule has 0 amide bonds. The predicted octanol–water partition coefficient (Wildman–Crippen LogP) is 8.56. The number of hydrogen-bond donors (Lipinski definition) is 1. The number of esters is 1. The van der Waals surface area contributed by atoms with E-state index in [9.17, 15) is 26.4 Å². The van der Waals surface area contributed by atoms with Crippen molar-refractivity contribution < 1.29 is 35.9 Å². The number of carbonyl (C=O) groups excluding carboxylic acids is 1. The van der Waals surface area contributed by atoms with Crippen LogP contribution in [-0.2, 0) is 19.6 Å². The minimum Gasteiger partial charge on any atom is -0.491 e. The van der Waals surface area contributed by atoms with E-state index < -0.39 is 15.5 Å². The van der Waals surface area contributed by atoms with Gasteiger partial charge < -0.3 is 14.8 Å². The molecule has 0 radical (unpaired) electrons. The van der Waals surface area contributed by atoms with E-state index in [0.29, 0.717) is 57.4 Å². The fourth-order valence-corrected chi connectivity index (χ4v) is 7.16. The molecule has 5 rings (SSSR count). The molecule has 1 aliphatic heterocycles. The Labute approximate surface area is 293 Å². The fraction of sp³-hybridized carbons (Fsp3) is 0.371. The van der Waals surface area contributed by atoms with Gasteiger partial charge in [-0.1, -0.05) is 47.5 Å². The smallest absolute Gasteiger partial charge is 0.491 e. The minimum absolute atomic E-state index is 0.181. The van der Waals surface area contributed by atoms with Crippen LogP contribution in [0.3, 0.4) is 0 Å². The Hall–Kier alpha value is -3.58. The lowest BCUT2D eigenvalue weighted by Crippen LogP contribution is -2.47. The highest BCUT2D eigenvalue weighted by atomic mass is 35.5. The van der Waals surface area contributed by atoms with Crippen LogP contribution in [0.4, 0.5) is 18.9 Å². The van der Waals surface area contributed by atoms with Gasteiger partial charge >= 0.3 is 21.5 Å². The van der Waals surface area contributed by atoms with Crippen LogP contribution < -0.4 is 10.1 Å². The number of carbonyl (C=O) groups is 1. The van der Waals surface area contributed by atoms with Crippen LogP contribution in [0.1, 0.15) is 61.6 Å². The second-order valence-corrected chi connectivity index (χ2v) is 14.5. The molecular formula is C35H36Cl2F3N3O5S. The van der Waals surface area contributed by atoms with Crippen molar-refractivity contribution in [2.75, 3.05) is 31.6 Å². The largest absolute Gasteiger partial charge is 0.511 e. The first-order valence-corrected chi connectivity index (χ1v) is 18.1. The van der Waals surface area contributed by atoms with E-state index >= 15 is 0 Å². The van der Waals surface area contributed by atoms with E-state index in [1.807, 2.05) is 60.7 Å². The van der Waals surface area contributed by atoms with Gasteiger partial charge in [-0.3, -0.25) is 9.78 Å². The van der Waals surface area contributed by atoms with Crippen molar-refractivity contribution in [1.82, 2.24) is 9.29 Å². The molecule has 49 heavy (non-hydrogen) atoms. The van der Waals surface area contributed by atoms with Crippen molar-refractivity contribution in [3.05, 3.63) is 99.7 Å². The lowest BCUT2D eigenvalue weighted by atomic mass is 9.84.